The zero-order valence-electron chi connectivity index (χ0n) is 19.2. The molecule has 0 amide bonds. The number of anilines is 2. The average Bonchev–Trinajstić information content (AvgIpc) is 3.49. The standard InChI is InChI=1S/C19H17Cl2F3N4O.C5H4O3/c1-28-18(13(21)10-26-28)16-15(29-9-8-25)7-6-14(17(16)19(22,23)24)27-12-4-2-11(20)3-5-12;6-5(7)4-1-2-8-3-4/h2-7,10,27H,8-9,25H2,1H3;1-3H,(H,6,7). The number of nitrogens with one attached hydrogen (secondary N) is 1. The van der Waals surface area contributed by atoms with Crippen molar-refractivity contribution < 1.29 is 32.2 Å². The summed E-state index contributed by atoms with van der Waals surface area (Å²) >= 11 is 12.0. The number of hydrogen-bond donors (Lipinski definition) is 3. The normalized spacial score (nSPS) is 11.0. The van der Waals surface area contributed by atoms with Crippen molar-refractivity contribution in [3.8, 4) is 17.0 Å². The van der Waals surface area contributed by atoms with Gasteiger partial charge in [0.25, 0.3) is 0 Å². The summed E-state index contributed by atoms with van der Waals surface area (Å²) in [4.78, 5) is 10.0. The van der Waals surface area contributed by atoms with Crippen molar-refractivity contribution in [1.82, 2.24) is 9.78 Å². The molecule has 0 spiro atoms. The molecule has 0 aliphatic rings. The van der Waals surface area contributed by atoms with E-state index in [1.807, 2.05) is 0 Å². The molecule has 0 fully saturated rings. The van der Waals surface area contributed by atoms with E-state index < -0.39 is 17.7 Å². The van der Waals surface area contributed by atoms with Gasteiger partial charge in [-0.3, -0.25) is 4.68 Å². The summed E-state index contributed by atoms with van der Waals surface area (Å²) in [7, 11) is 1.51. The van der Waals surface area contributed by atoms with Gasteiger partial charge in [-0.2, -0.15) is 18.3 Å². The van der Waals surface area contributed by atoms with Crippen LogP contribution in [-0.2, 0) is 13.2 Å². The number of alkyl halides is 3. The van der Waals surface area contributed by atoms with Gasteiger partial charge in [0, 0.05) is 24.3 Å². The van der Waals surface area contributed by atoms with Crippen LogP contribution in [-0.4, -0.2) is 34.0 Å². The fourth-order valence-electron chi connectivity index (χ4n) is 3.27. The topological polar surface area (TPSA) is 116 Å². The van der Waals surface area contributed by atoms with Crippen molar-refractivity contribution in [2.24, 2.45) is 12.8 Å². The van der Waals surface area contributed by atoms with Gasteiger partial charge in [0.05, 0.1) is 45.6 Å². The third kappa shape index (κ3) is 6.97. The van der Waals surface area contributed by atoms with E-state index in [0.29, 0.717) is 10.7 Å². The Labute approximate surface area is 219 Å². The minimum absolute atomic E-state index is 0.00920. The Hall–Kier alpha value is -3.67. The minimum Gasteiger partial charge on any atom is -0.492 e. The maximum absolute atomic E-state index is 14.2. The van der Waals surface area contributed by atoms with Crippen LogP contribution in [0.1, 0.15) is 15.9 Å². The molecule has 0 atom stereocenters. The third-order valence-electron chi connectivity index (χ3n) is 4.85. The highest BCUT2D eigenvalue weighted by atomic mass is 35.5. The first kappa shape index (κ1) is 27.9. The summed E-state index contributed by atoms with van der Waals surface area (Å²) < 4.78 is 53.9. The maximum Gasteiger partial charge on any atom is 0.419 e. The second-order valence-electron chi connectivity index (χ2n) is 7.41. The first-order chi connectivity index (χ1) is 17.5. The molecular weight excluding hydrogens is 536 g/mol. The van der Waals surface area contributed by atoms with Crippen molar-refractivity contribution in [3.63, 3.8) is 0 Å². The van der Waals surface area contributed by atoms with Crippen LogP contribution in [0.3, 0.4) is 0 Å². The summed E-state index contributed by atoms with van der Waals surface area (Å²) in [5.74, 6) is -0.950. The van der Waals surface area contributed by atoms with Crippen LogP contribution in [0.25, 0.3) is 11.3 Å². The molecule has 0 aliphatic heterocycles. The highest BCUT2D eigenvalue weighted by Gasteiger charge is 2.40. The monoisotopic (exact) mass is 556 g/mol. The molecule has 2 heterocycles. The fourth-order valence-corrected chi connectivity index (χ4v) is 3.66. The molecule has 8 nitrogen and oxygen atoms in total. The van der Waals surface area contributed by atoms with Crippen molar-refractivity contribution in [2.45, 2.75) is 6.18 Å². The van der Waals surface area contributed by atoms with Crippen LogP contribution in [0, 0.1) is 0 Å². The third-order valence-corrected chi connectivity index (χ3v) is 5.38. The second kappa shape index (κ2) is 12.0. The zero-order valence-corrected chi connectivity index (χ0v) is 20.7. The van der Waals surface area contributed by atoms with E-state index in [-0.39, 0.29) is 46.4 Å². The molecule has 0 bridgehead atoms. The Morgan fingerprint density at radius 3 is 2.38 bits per heavy atom. The van der Waals surface area contributed by atoms with E-state index in [9.17, 15) is 18.0 Å². The van der Waals surface area contributed by atoms with Gasteiger partial charge in [0.2, 0.25) is 0 Å². The van der Waals surface area contributed by atoms with Crippen LogP contribution in [0.2, 0.25) is 10.0 Å². The summed E-state index contributed by atoms with van der Waals surface area (Å²) in [6.07, 6.45) is -0.922. The lowest BCUT2D eigenvalue weighted by Crippen LogP contribution is -2.16. The first-order valence-corrected chi connectivity index (χ1v) is 11.3. The smallest absolute Gasteiger partial charge is 0.419 e. The predicted molar refractivity (Wildman–Crippen MR) is 134 cm³/mol. The van der Waals surface area contributed by atoms with Gasteiger partial charge in [0.1, 0.15) is 18.6 Å². The molecule has 0 unspecified atom stereocenters. The van der Waals surface area contributed by atoms with Gasteiger partial charge in [0.15, 0.2) is 0 Å². The molecule has 2 aromatic heterocycles. The summed E-state index contributed by atoms with van der Waals surface area (Å²) in [5, 5.41) is 15.5. The molecular formula is C24H21Cl2F3N4O4. The number of carboxylic acids is 1. The number of furan rings is 1. The number of aryl methyl sites for hydroxylation is 1. The number of carbonyl (C=O) groups is 1. The Bertz CT molecular complexity index is 1320. The number of aromatic nitrogens is 2. The van der Waals surface area contributed by atoms with Crippen molar-refractivity contribution in [2.75, 3.05) is 18.5 Å². The lowest BCUT2D eigenvalue weighted by molar-refractivity contribution is -0.136. The van der Waals surface area contributed by atoms with E-state index in [1.54, 1.807) is 24.3 Å². The number of nitrogens with zero attached hydrogens (tertiary/aromatic N) is 2. The van der Waals surface area contributed by atoms with Gasteiger partial charge in [-0.05, 0) is 42.5 Å². The largest absolute Gasteiger partial charge is 0.492 e. The van der Waals surface area contributed by atoms with Gasteiger partial charge in [-0.15, -0.1) is 0 Å². The highest BCUT2D eigenvalue weighted by molar-refractivity contribution is 6.33. The van der Waals surface area contributed by atoms with Gasteiger partial charge < -0.3 is 25.3 Å². The summed E-state index contributed by atoms with van der Waals surface area (Å²) in [5.41, 5.74) is 4.88. The number of rotatable bonds is 7. The lowest BCUT2D eigenvalue weighted by atomic mass is 9.99. The Morgan fingerprint density at radius 1 is 1.19 bits per heavy atom. The molecule has 2 aromatic carbocycles. The van der Waals surface area contributed by atoms with E-state index in [2.05, 4.69) is 14.8 Å². The van der Waals surface area contributed by atoms with Crippen molar-refractivity contribution in [3.05, 3.63) is 82.4 Å². The van der Waals surface area contributed by atoms with Crippen molar-refractivity contribution in [1.29, 1.82) is 0 Å². The number of nitrogens with two attached hydrogens (primary N) is 1. The Morgan fingerprint density at radius 2 is 1.89 bits per heavy atom. The molecule has 4 N–H and O–H groups in total. The van der Waals surface area contributed by atoms with E-state index in [4.69, 9.17) is 38.8 Å². The molecule has 0 aliphatic carbocycles. The molecule has 196 valence electrons. The molecule has 4 aromatic rings. The number of ether oxygens (including phenoxy) is 1. The molecule has 37 heavy (non-hydrogen) atoms. The number of aromatic carboxylic acids is 1. The zero-order chi connectivity index (χ0) is 27.2. The van der Waals surface area contributed by atoms with Crippen molar-refractivity contribution >= 4 is 40.5 Å². The number of carboxylic acid groups (broad SMARTS) is 1. The van der Waals surface area contributed by atoms with E-state index >= 15 is 0 Å². The minimum atomic E-state index is -4.71. The average molecular weight is 557 g/mol. The molecule has 0 saturated heterocycles. The Balaban J connectivity index is 0.000000405. The maximum atomic E-state index is 14.2. The van der Waals surface area contributed by atoms with Crippen LogP contribution in [0.15, 0.2) is 65.6 Å². The van der Waals surface area contributed by atoms with Gasteiger partial charge >= 0.3 is 12.1 Å². The molecule has 0 saturated carbocycles. The van der Waals surface area contributed by atoms with Crippen LogP contribution in [0.4, 0.5) is 24.5 Å². The van der Waals surface area contributed by atoms with Crippen LogP contribution >= 0.6 is 23.2 Å². The van der Waals surface area contributed by atoms with E-state index in [0.717, 1.165) is 0 Å². The SMILES string of the molecule is Cn1ncc(Cl)c1-c1c(OCCN)ccc(Nc2ccc(Cl)cc2)c1C(F)(F)F.O=C(O)c1ccoc1. The lowest BCUT2D eigenvalue weighted by Gasteiger charge is -2.22. The van der Waals surface area contributed by atoms with E-state index in [1.165, 1.54) is 48.7 Å². The predicted octanol–water partition coefficient (Wildman–Crippen LogP) is 6.47. The number of halogens is 5. The highest BCUT2D eigenvalue weighted by Crippen LogP contribution is 2.48. The second-order valence-corrected chi connectivity index (χ2v) is 8.25. The summed E-state index contributed by atoms with van der Waals surface area (Å²) in [6.45, 7) is 0.189. The van der Waals surface area contributed by atoms with Gasteiger partial charge in [-0.25, -0.2) is 4.79 Å². The first-order valence-electron chi connectivity index (χ1n) is 10.6. The fraction of sp³-hybridized carbons (Fsp3) is 0.167. The molecule has 13 heteroatoms. The number of benzene rings is 2. The van der Waals surface area contributed by atoms with Crippen LogP contribution < -0.4 is 15.8 Å². The quantitative estimate of drug-likeness (QED) is 0.239. The molecule has 4 rings (SSSR count). The Kier molecular flexibility index (Phi) is 9.09. The van der Waals surface area contributed by atoms with Crippen LogP contribution in [0.5, 0.6) is 5.75 Å². The molecule has 0 radical (unpaired) electrons. The summed E-state index contributed by atoms with van der Waals surface area (Å²) in [6, 6.07) is 10.5. The van der Waals surface area contributed by atoms with Gasteiger partial charge in [-0.1, -0.05) is 23.2 Å². The number of hydrogen-bond acceptors (Lipinski definition) is 6.